The van der Waals surface area contributed by atoms with Gasteiger partial charge in [0.25, 0.3) is 0 Å². The maximum absolute atomic E-state index is 4.73. The molecule has 0 spiro atoms. The number of piperidine rings is 1. The molecule has 0 saturated carbocycles. The number of hydrogen-bond acceptors (Lipinski definition) is 3. The number of hydrogen-bond donors (Lipinski definition) is 2. The quantitative estimate of drug-likeness (QED) is 0.849. The van der Waals surface area contributed by atoms with E-state index in [1.54, 1.807) is 0 Å². The molecule has 1 fully saturated rings. The molecule has 3 heteroatoms. The van der Waals surface area contributed by atoms with E-state index in [1.807, 2.05) is 6.07 Å². The van der Waals surface area contributed by atoms with Gasteiger partial charge in [0, 0.05) is 18.0 Å². The lowest BCUT2D eigenvalue weighted by atomic mass is 10.1. The van der Waals surface area contributed by atoms with E-state index in [-0.39, 0.29) is 0 Å². The van der Waals surface area contributed by atoms with E-state index in [1.165, 1.54) is 23.8 Å². The van der Waals surface area contributed by atoms with Crippen molar-refractivity contribution in [2.45, 2.75) is 25.8 Å². The average Bonchev–Trinajstić information content (AvgIpc) is 2.41. The van der Waals surface area contributed by atoms with E-state index in [4.69, 9.17) is 4.98 Å². The molecule has 2 N–H and O–H groups in total. The third-order valence-electron chi connectivity index (χ3n) is 3.55. The number of para-hydroxylation sites is 1. The fourth-order valence-corrected chi connectivity index (χ4v) is 2.54. The normalized spacial score (nSPS) is 19.9. The molecule has 1 atom stereocenters. The van der Waals surface area contributed by atoms with Crippen LogP contribution >= 0.6 is 0 Å². The summed E-state index contributed by atoms with van der Waals surface area (Å²) in [4.78, 5) is 4.73. The van der Waals surface area contributed by atoms with E-state index >= 15 is 0 Å². The van der Waals surface area contributed by atoms with Gasteiger partial charge < -0.3 is 10.6 Å². The van der Waals surface area contributed by atoms with Crippen LogP contribution in [0.5, 0.6) is 0 Å². The molecular weight excluding hydrogens is 222 g/mol. The Kier molecular flexibility index (Phi) is 3.15. The lowest BCUT2D eigenvalue weighted by molar-refractivity contribution is 0.479. The van der Waals surface area contributed by atoms with E-state index in [0.29, 0.717) is 6.04 Å². The van der Waals surface area contributed by atoms with Crippen molar-refractivity contribution in [1.82, 2.24) is 10.3 Å². The lowest BCUT2D eigenvalue weighted by Gasteiger charge is -2.25. The fourth-order valence-electron chi connectivity index (χ4n) is 2.54. The van der Waals surface area contributed by atoms with E-state index in [0.717, 1.165) is 24.4 Å². The van der Waals surface area contributed by atoms with Crippen molar-refractivity contribution in [3.63, 3.8) is 0 Å². The monoisotopic (exact) mass is 241 g/mol. The molecule has 1 aromatic heterocycles. The topological polar surface area (TPSA) is 37.0 Å². The summed E-state index contributed by atoms with van der Waals surface area (Å²) in [6, 6.07) is 11.0. The first-order valence-electron chi connectivity index (χ1n) is 6.66. The zero-order chi connectivity index (χ0) is 12.4. The van der Waals surface area contributed by atoms with Crippen LogP contribution in [-0.4, -0.2) is 24.1 Å². The summed E-state index contributed by atoms with van der Waals surface area (Å²) in [5, 5.41) is 8.20. The molecule has 1 aromatic carbocycles. The minimum atomic E-state index is 0.506. The number of aromatic nitrogens is 1. The third kappa shape index (κ3) is 2.31. The van der Waals surface area contributed by atoms with Crippen LogP contribution in [0, 0.1) is 6.92 Å². The molecule has 1 saturated heterocycles. The van der Waals surface area contributed by atoms with Gasteiger partial charge in [0.05, 0.1) is 5.52 Å². The van der Waals surface area contributed by atoms with Crippen LogP contribution in [0.1, 0.15) is 18.4 Å². The first-order chi connectivity index (χ1) is 8.83. The molecule has 2 heterocycles. The second kappa shape index (κ2) is 4.94. The highest BCUT2D eigenvalue weighted by Gasteiger charge is 2.14. The number of nitrogens with one attached hydrogen (secondary N) is 2. The van der Waals surface area contributed by atoms with Gasteiger partial charge in [-0.1, -0.05) is 18.2 Å². The standard InChI is InChI=1S/C15H19N3/c1-11-9-12-5-2-3-7-14(12)18-15(11)17-13-6-4-8-16-10-13/h2-3,5,7,9,13,16H,4,6,8,10H2,1H3,(H,17,18). The van der Waals surface area contributed by atoms with Gasteiger partial charge in [0.2, 0.25) is 0 Å². The average molecular weight is 241 g/mol. The van der Waals surface area contributed by atoms with Gasteiger partial charge in [-0.15, -0.1) is 0 Å². The Balaban J connectivity index is 1.88. The highest BCUT2D eigenvalue weighted by molar-refractivity contribution is 5.81. The van der Waals surface area contributed by atoms with Crippen LogP contribution in [0.25, 0.3) is 10.9 Å². The van der Waals surface area contributed by atoms with E-state index < -0.39 is 0 Å². The molecular formula is C15H19N3. The Morgan fingerprint density at radius 3 is 3.06 bits per heavy atom. The number of fused-ring (bicyclic) bond motifs is 1. The molecule has 3 rings (SSSR count). The van der Waals surface area contributed by atoms with Crippen LogP contribution in [0.3, 0.4) is 0 Å². The predicted octanol–water partition coefficient (Wildman–Crippen LogP) is 2.71. The van der Waals surface area contributed by atoms with Gasteiger partial charge in [-0.2, -0.15) is 0 Å². The van der Waals surface area contributed by atoms with E-state index in [2.05, 4.69) is 41.8 Å². The zero-order valence-corrected chi connectivity index (χ0v) is 10.7. The Hall–Kier alpha value is -1.61. The first-order valence-corrected chi connectivity index (χ1v) is 6.66. The third-order valence-corrected chi connectivity index (χ3v) is 3.55. The number of nitrogens with zero attached hydrogens (tertiary/aromatic N) is 1. The number of rotatable bonds is 2. The summed E-state index contributed by atoms with van der Waals surface area (Å²) >= 11 is 0. The summed E-state index contributed by atoms with van der Waals surface area (Å²) in [6.45, 7) is 4.30. The van der Waals surface area contributed by atoms with Crippen LogP contribution in [-0.2, 0) is 0 Å². The number of pyridine rings is 1. The molecule has 1 unspecified atom stereocenters. The van der Waals surface area contributed by atoms with Gasteiger partial charge in [0.15, 0.2) is 0 Å². The predicted molar refractivity (Wildman–Crippen MR) is 76.0 cm³/mol. The van der Waals surface area contributed by atoms with Gasteiger partial charge in [-0.25, -0.2) is 4.98 Å². The Bertz CT molecular complexity index is 544. The lowest BCUT2D eigenvalue weighted by Crippen LogP contribution is -2.38. The molecule has 0 radical (unpaired) electrons. The van der Waals surface area contributed by atoms with Crippen LogP contribution in [0.4, 0.5) is 5.82 Å². The second-order valence-corrected chi connectivity index (χ2v) is 5.03. The van der Waals surface area contributed by atoms with Crippen molar-refractivity contribution in [3.8, 4) is 0 Å². The van der Waals surface area contributed by atoms with Crippen molar-refractivity contribution < 1.29 is 0 Å². The second-order valence-electron chi connectivity index (χ2n) is 5.03. The van der Waals surface area contributed by atoms with Gasteiger partial charge in [0.1, 0.15) is 5.82 Å². The Morgan fingerprint density at radius 1 is 1.33 bits per heavy atom. The summed E-state index contributed by atoms with van der Waals surface area (Å²) in [5.41, 5.74) is 2.29. The molecule has 3 nitrogen and oxygen atoms in total. The van der Waals surface area contributed by atoms with Gasteiger partial charge in [-0.3, -0.25) is 0 Å². The summed E-state index contributed by atoms with van der Waals surface area (Å²) in [7, 11) is 0. The smallest absolute Gasteiger partial charge is 0.129 e. The highest BCUT2D eigenvalue weighted by Crippen LogP contribution is 2.21. The number of benzene rings is 1. The van der Waals surface area contributed by atoms with E-state index in [9.17, 15) is 0 Å². The van der Waals surface area contributed by atoms with Crippen molar-refractivity contribution >= 4 is 16.7 Å². The van der Waals surface area contributed by atoms with Crippen LogP contribution in [0.15, 0.2) is 30.3 Å². The molecule has 2 aromatic rings. The SMILES string of the molecule is Cc1cc2ccccc2nc1NC1CCCNC1. The maximum atomic E-state index is 4.73. The summed E-state index contributed by atoms with van der Waals surface area (Å²) < 4.78 is 0. The first kappa shape index (κ1) is 11.5. The van der Waals surface area contributed by atoms with Crippen molar-refractivity contribution in [2.24, 2.45) is 0 Å². The molecule has 1 aliphatic rings. The Labute approximate surface area is 108 Å². The minimum Gasteiger partial charge on any atom is -0.366 e. The van der Waals surface area contributed by atoms with Crippen molar-refractivity contribution in [3.05, 3.63) is 35.9 Å². The zero-order valence-electron chi connectivity index (χ0n) is 10.7. The van der Waals surface area contributed by atoms with Crippen molar-refractivity contribution in [1.29, 1.82) is 0 Å². The Morgan fingerprint density at radius 2 is 2.22 bits per heavy atom. The molecule has 1 aliphatic heterocycles. The molecule has 0 aliphatic carbocycles. The number of aryl methyl sites for hydroxylation is 1. The molecule has 18 heavy (non-hydrogen) atoms. The number of anilines is 1. The fraction of sp³-hybridized carbons (Fsp3) is 0.400. The molecule has 0 bridgehead atoms. The van der Waals surface area contributed by atoms with Crippen molar-refractivity contribution in [2.75, 3.05) is 18.4 Å². The van der Waals surface area contributed by atoms with Gasteiger partial charge in [-0.05, 0) is 44.0 Å². The highest BCUT2D eigenvalue weighted by atomic mass is 15.1. The minimum absolute atomic E-state index is 0.506. The van der Waals surface area contributed by atoms with Gasteiger partial charge >= 0.3 is 0 Å². The summed E-state index contributed by atoms with van der Waals surface area (Å²) in [5.74, 6) is 1.03. The van der Waals surface area contributed by atoms with Crippen LogP contribution in [0.2, 0.25) is 0 Å². The largest absolute Gasteiger partial charge is 0.366 e. The maximum Gasteiger partial charge on any atom is 0.129 e. The molecule has 94 valence electrons. The van der Waals surface area contributed by atoms with Crippen LogP contribution < -0.4 is 10.6 Å². The summed E-state index contributed by atoms with van der Waals surface area (Å²) in [6.07, 6.45) is 2.46. The molecule has 0 amide bonds.